The Hall–Kier alpha value is -0.260. The first kappa shape index (κ1) is 16.7. The summed E-state index contributed by atoms with van der Waals surface area (Å²) in [5.41, 5.74) is -0.427. The quantitative estimate of drug-likeness (QED) is 0.690. The van der Waals surface area contributed by atoms with E-state index in [9.17, 15) is 13.9 Å². The first-order valence-electron chi connectivity index (χ1n) is 6.07. The van der Waals surface area contributed by atoms with Gasteiger partial charge in [-0.15, -0.1) is 0 Å². The maximum Gasteiger partial charge on any atom is 0.251 e. The van der Waals surface area contributed by atoms with Gasteiger partial charge in [0.05, 0.1) is 13.2 Å². The van der Waals surface area contributed by atoms with Crippen molar-refractivity contribution in [2.24, 2.45) is 0 Å². The minimum absolute atomic E-state index is 0.00195. The molecule has 2 N–H and O–H groups in total. The number of nitrogens with zero attached hydrogens (tertiary/aromatic N) is 1. The SMILES string of the molecule is CC(C)NC(C)(CO)CC(C)N(C)CC(F)F. The molecule has 0 radical (unpaired) electrons. The molecule has 0 aromatic heterocycles. The normalized spacial score (nSPS) is 17.8. The van der Waals surface area contributed by atoms with Gasteiger partial charge in [-0.3, -0.25) is 4.90 Å². The van der Waals surface area contributed by atoms with Crippen molar-refractivity contribution in [3.63, 3.8) is 0 Å². The van der Waals surface area contributed by atoms with Crippen LogP contribution in [0.3, 0.4) is 0 Å². The molecule has 0 amide bonds. The largest absolute Gasteiger partial charge is 0.394 e. The Bertz CT molecular complexity index is 215. The highest BCUT2D eigenvalue weighted by atomic mass is 19.3. The van der Waals surface area contributed by atoms with Crippen LogP contribution < -0.4 is 5.32 Å². The molecule has 0 fully saturated rings. The molecule has 0 rings (SSSR count). The Balaban J connectivity index is 4.35. The zero-order valence-electron chi connectivity index (χ0n) is 11.5. The summed E-state index contributed by atoms with van der Waals surface area (Å²) in [6.07, 6.45) is -1.69. The Kier molecular flexibility index (Phi) is 7.13. The summed E-state index contributed by atoms with van der Waals surface area (Å²) >= 11 is 0. The maximum absolute atomic E-state index is 12.3. The van der Waals surface area contributed by atoms with Gasteiger partial charge in [0, 0.05) is 17.6 Å². The topological polar surface area (TPSA) is 35.5 Å². The lowest BCUT2D eigenvalue weighted by Crippen LogP contribution is -2.52. The van der Waals surface area contributed by atoms with Crippen LogP contribution in [-0.2, 0) is 0 Å². The maximum atomic E-state index is 12.3. The van der Waals surface area contributed by atoms with Gasteiger partial charge in [0.1, 0.15) is 0 Å². The minimum Gasteiger partial charge on any atom is -0.394 e. The molecule has 0 bridgehead atoms. The summed E-state index contributed by atoms with van der Waals surface area (Å²) in [6.45, 7) is 7.59. The Morgan fingerprint density at radius 1 is 1.29 bits per heavy atom. The lowest BCUT2D eigenvalue weighted by atomic mass is 9.93. The van der Waals surface area contributed by atoms with E-state index in [1.807, 2.05) is 27.7 Å². The minimum atomic E-state index is -2.32. The zero-order valence-corrected chi connectivity index (χ0v) is 11.5. The Labute approximate surface area is 103 Å². The molecule has 0 aromatic carbocycles. The van der Waals surface area contributed by atoms with Crippen LogP contribution in [-0.4, -0.2) is 54.3 Å². The molecule has 0 heterocycles. The van der Waals surface area contributed by atoms with Gasteiger partial charge in [-0.25, -0.2) is 8.78 Å². The number of hydrogen-bond acceptors (Lipinski definition) is 3. The number of aliphatic hydroxyl groups is 1. The van der Waals surface area contributed by atoms with E-state index in [1.165, 1.54) is 0 Å². The van der Waals surface area contributed by atoms with Crippen molar-refractivity contribution in [3.8, 4) is 0 Å². The van der Waals surface area contributed by atoms with E-state index in [2.05, 4.69) is 5.32 Å². The van der Waals surface area contributed by atoms with Crippen LogP contribution in [0.2, 0.25) is 0 Å². The van der Waals surface area contributed by atoms with E-state index < -0.39 is 12.0 Å². The average Bonchev–Trinajstić information content (AvgIpc) is 2.15. The third-order valence-electron chi connectivity index (χ3n) is 2.91. The molecule has 17 heavy (non-hydrogen) atoms. The number of aliphatic hydroxyl groups excluding tert-OH is 1. The van der Waals surface area contributed by atoms with Crippen molar-refractivity contribution in [1.82, 2.24) is 10.2 Å². The molecule has 0 aliphatic carbocycles. The monoisotopic (exact) mass is 252 g/mol. The molecule has 0 aromatic rings. The molecular formula is C12H26F2N2O. The average molecular weight is 252 g/mol. The van der Waals surface area contributed by atoms with Crippen molar-refractivity contribution in [3.05, 3.63) is 0 Å². The van der Waals surface area contributed by atoms with Gasteiger partial charge in [0.15, 0.2) is 0 Å². The van der Waals surface area contributed by atoms with Crippen LogP contribution in [0.15, 0.2) is 0 Å². The highest BCUT2D eigenvalue weighted by Gasteiger charge is 2.28. The number of alkyl halides is 2. The lowest BCUT2D eigenvalue weighted by Gasteiger charge is -2.36. The first-order chi connectivity index (χ1) is 7.70. The van der Waals surface area contributed by atoms with E-state index in [1.54, 1.807) is 11.9 Å². The number of halogens is 2. The fourth-order valence-corrected chi connectivity index (χ4v) is 2.07. The Morgan fingerprint density at radius 3 is 2.18 bits per heavy atom. The number of hydrogen-bond donors (Lipinski definition) is 2. The van der Waals surface area contributed by atoms with Crippen molar-refractivity contribution in [2.45, 2.75) is 58.2 Å². The molecule has 0 saturated heterocycles. The molecule has 2 atom stereocenters. The summed E-state index contributed by atoms with van der Waals surface area (Å²) in [7, 11) is 1.68. The molecule has 0 spiro atoms. The standard InChI is InChI=1S/C12H26F2N2O/c1-9(2)15-12(4,8-17)6-10(3)16(5)7-11(13)14/h9-11,15,17H,6-8H2,1-5H3. The van der Waals surface area contributed by atoms with Crippen LogP contribution in [0.1, 0.15) is 34.1 Å². The smallest absolute Gasteiger partial charge is 0.251 e. The molecule has 3 nitrogen and oxygen atoms in total. The predicted molar refractivity (Wildman–Crippen MR) is 66.5 cm³/mol. The zero-order chi connectivity index (χ0) is 13.6. The molecule has 5 heteroatoms. The molecular weight excluding hydrogens is 226 g/mol. The fraction of sp³-hybridized carbons (Fsp3) is 1.00. The van der Waals surface area contributed by atoms with E-state index in [0.717, 1.165) is 0 Å². The third-order valence-corrected chi connectivity index (χ3v) is 2.91. The third kappa shape index (κ3) is 6.91. The van der Waals surface area contributed by atoms with Gasteiger partial charge in [-0.1, -0.05) is 13.8 Å². The van der Waals surface area contributed by atoms with E-state index in [0.29, 0.717) is 6.42 Å². The van der Waals surface area contributed by atoms with Crippen LogP contribution >= 0.6 is 0 Å². The second-order valence-electron chi connectivity index (χ2n) is 5.40. The van der Waals surface area contributed by atoms with Crippen molar-refractivity contribution in [2.75, 3.05) is 20.2 Å². The van der Waals surface area contributed by atoms with Gasteiger partial charge >= 0.3 is 0 Å². The van der Waals surface area contributed by atoms with Gasteiger partial charge in [0.25, 0.3) is 6.43 Å². The second-order valence-corrected chi connectivity index (χ2v) is 5.40. The van der Waals surface area contributed by atoms with Crippen LogP contribution in [0.25, 0.3) is 0 Å². The number of rotatable bonds is 8. The summed E-state index contributed by atoms with van der Waals surface area (Å²) in [4.78, 5) is 1.63. The van der Waals surface area contributed by atoms with Gasteiger partial charge in [-0.2, -0.15) is 0 Å². The molecule has 0 aliphatic rings. The van der Waals surface area contributed by atoms with E-state index >= 15 is 0 Å². The van der Waals surface area contributed by atoms with Crippen molar-refractivity contribution >= 4 is 0 Å². The van der Waals surface area contributed by atoms with Gasteiger partial charge in [-0.05, 0) is 27.3 Å². The predicted octanol–water partition coefficient (Wildman–Crippen LogP) is 1.71. The lowest BCUT2D eigenvalue weighted by molar-refractivity contribution is 0.0649. The summed E-state index contributed by atoms with van der Waals surface area (Å²) < 4.78 is 24.5. The van der Waals surface area contributed by atoms with Crippen LogP contribution in [0, 0.1) is 0 Å². The van der Waals surface area contributed by atoms with E-state index in [-0.39, 0.29) is 25.2 Å². The molecule has 104 valence electrons. The van der Waals surface area contributed by atoms with Gasteiger partial charge < -0.3 is 10.4 Å². The second kappa shape index (κ2) is 7.24. The molecule has 2 unspecified atom stereocenters. The van der Waals surface area contributed by atoms with E-state index in [4.69, 9.17) is 0 Å². The van der Waals surface area contributed by atoms with Crippen molar-refractivity contribution in [1.29, 1.82) is 0 Å². The van der Waals surface area contributed by atoms with Crippen LogP contribution in [0.4, 0.5) is 8.78 Å². The van der Waals surface area contributed by atoms with Crippen LogP contribution in [0.5, 0.6) is 0 Å². The number of nitrogens with one attached hydrogen (secondary N) is 1. The summed E-state index contributed by atoms with van der Waals surface area (Å²) in [6, 6.07) is 0.243. The summed E-state index contributed by atoms with van der Waals surface area (Å²) in [5, 5.41) is 12.7. The highest BCUT2D eigenvalue weighted by molar-refractivity contribution is 4.88. The highest BCUT2D eigenvalue weighted by Crippen LogP contribution is 2.16. The molecule has 0 saturated carbocycles. The van der Waals surface area contributed by atoms with Gasteiger partial charge in [0.2, 0.25) is 0 Å². The Morgan fingerprint density at radius 2 is 1.82 bits per heavy atom. The molecule has 0 aliphatic heterocycles. The van der Waals surface area contributed by atoms with Crippen molar-refractivity contribution < 1.29 is 13.9 Å². The first-order valence-corrected chi connectivity index (χ1v) is 6.07. The summed E-state index contributed by atoms with van der Waals surface area (Å²) in [5.74, 6) is 0. The fourth-order valence-electron chi connectivity index (χ4n) is 2.07.